The van der Waals surface area contributed by atoms with Crippen LogP contribution in [0.4, 0.5) is 0 Å². The number of carbonyl (C=O) groups excluding carboxylic acids is 2. The molecule has 1 fully saturated rings. The highest BCUT2D eigenvalue weighted by molar-refractivity contribution is 7.89. The van der Waals surface area contributed by atoms with Crippen LogP contribution in [0.3, 0.4) is 0 Å². The minimum atomic E-state index is -3.46. The Kier molecular flexibility index (Phi) is 6.94. The number of nitrogens with zero attached hydrogens (tertiary/aromatic N) is 1. The van der Waals surface area contributed by atoms with Crippen LogP contribution in [-0.2, 0) is 21.2 Å². The van der Waals surface area contributed by atoms with Gasteiger partial charge in [0.15, 0.2) is 5.76 Å². The van der Waals surface area contributed by atoms with Crippen LogP contribution >= 0.6 is 0 Å². The van der Waals surface area contributed by atoms with Gasteiger partial charge < -0.3 is 14.6 Å². The van der Waals surface area contributed by atoms with Gasteiger partial charge >= 0.3 is 0 Å². The summed E-state index contributed by atoms with van der Waals surface area (Å²) < 4.78 is 31.0. The number of amides is 2. The lowest BCUT2D eigenvalue weighted by Crippen LogP contribution is -2.46. The van der Waals surface area contributed by atoms with Gasteiger partial charge in [0.05, 0.1) is 11.2 Å². The molecule has 0 spiro atoms. The summed E-state index contributed by atoms with van der Waals surface area (Å²) in [4.78, 5) is 26.8. The fraction of sp³-hybridized carbons (Fsp3) is 0.429. The van der Waals surface area contributed by atoms with Crippen molar-refractivity contribution >= 4 is 21.8 Å². The van der Waals surface area contributed by atoms with Crippen molar-refractivity contribution in [1.82, 2.24) is 14.9 Å². The number of piperidine rings is 1. The molecule has 9 heteroatoms. The fourth-order valence-electron chi connectivity index (χ4n) is 3.49. The molecular weight excluding hydrogens is 406 g/mol. The first-order valence-electron chi connectivity index (χ1n) is 9.95. The number of benzene rings is 1. The van der Waals surface area contributed by atoms with Gasteiger partial charge in [-0.2, -0.15) is 0 Å². The first kappa shape index (κ1) is 22.0. The van der Waals surface area contributed by atoms with Crippen LogP contribution in [0.5, 0.6) is 0 Å². The van der Waals surface area contributed by atoms with Crippen LogP contribution in [0.1, 0.15) is 40.9 Å². The molecule has 0 radical (unpaired) electrons. The topological polar surface area (TPSA) is 109 Å². The number of sulfonamides is 1. The van der Waals surface area contributed by atoms with Crippen molar-refractivity contribution in [2.24, 2.45) is 0 Å². The molecule has 0 unspecified atom stereocenters. The zero-order valence-electron chi connectivity index (χ0n) is 17.2. The fourth-order valence-corrected chi connectivity index (χ4v) is 4.22. The van der Waals surface area contributed by atoms with Crippen LogP contribution in [0.2, 0.25) is 0 Å². The van der Waals surface area contributed by atoms with Crippen molar-refractivity contribution in [1.29, 1.82) is 0 Å². The van der Waals surface area contributed by atoms with Gasteiger partial charge in [-0.1, -0.05) is 12.1 Å². The van der Waals surface area contributed by atoms with Gasteiger partial charge in [0.2, 0.25) is 15.9 Å². The molecular formula is C21H27N3O5S. The molecule has 2 heterocycles. The van der Waals surface area contributed by atoms with Crippen molar-refractivity contribution < 1.29 is 22.4 Å². The Morgan fingerprint density at radius 2 is 1.80 bits per heavy atom. The number of carbonyl (C=O) groups is 2. The Morgan fingerprint density at radius 1 is 1.13 bits per heavy atom. The van der Waals surface area contributed by atoms with Crippen molar-refractivity contribution in [3.05, 3.63) is 53.5 Å². The third kappa shape index (κ3) is 5.28. The van der Waals surface area contributed by atoms with Gasteiger partial charge in [0, 0.05) is 31.1 Å². The smallest absolute Gasteiger partial charge is 0.287 e. The quantitative estimate of drug-likeness (QED) is 0.693. The Morgan fingerprint density at radius 3 is 2.37 bits per heavy atom. The number of nitrogens with one attached hydrogen (secondary N) is 2. The van der Waals surface area contributed by atoms with Crippen molar-refractivity contribution in [3.8, 4) is 0 Å². The average molecular weight is 434 g/mol. The van der Waals surface area contributed by atoms with Gasteiger partial charge in [-0.05, 0) is 57.0 Å². The molecule has 1 aliphatic rings. The molecule has 1 aromatic carbocycles. The zero-order valence-corrected chi connectivity index (χ0v) is 18.0. The minimum Gasteiger partial charge on any atom is -0.459 e. The molecule has 1 aliphatic heterocycles. The lowest BCUT2D eigenvalue weighted by molar-refractivity contribution is -0.132. The van der Waals surface area contributed by atoms with E-state index in [4.69, 9.17) is 4.42 Å². The highest BCUT2D eigenvalue weighted by Crippen LogP contribution is 2.16. The number of rotatable bonds is 7. The summed E-state index contributed by atoms with van der Waals surface area (Å²) in [5, 5.41) is 2.98. The molecule has 0 bridgehead atoms. The molecule has 0 atom stereocenters. The lowest BCUT2D eigenvalue weighted by Gasteiger charge is -2.32. The van der Waals surface area contributed by atoms with Crippen LogP contribution in [0.25, 0.3) is 0 Å². The number of aryl methyl sites for hydroxylation is 2. The second-order valence-electron chi connectivity index (χ2n) is 7.41. The van der Waals surface area contributed by atoms with Gasteiger partial charge in [0.1, 0.15) is 0 Å². The molecule has 8 nitrogen and oxygen atoms in total. The van der Waals surface area contributed by atoms with E-state index in [-0.39, 0.29) is 22.8 Å². The highest BCUT2D eigenvalue weighted by Gasteiger charge is 2.25. The average Bonchev–Trinajstić information content (AvgIpc) is 3.19. The van der Waals surface area contributed by atoms with E-state index in [1.807, 2.05) is 11.8 Å². The maximum atomic E-state index is 12.5. The van der Waals surface area contributed by atoms with Crippen molar-refractivity contribution in [2.45, 2.75) is 43.5 Å². The third-order valence-electron chi connectivity index (χ3n) is 5.38. The van der Waals surface area contributed by atoms with Crippen LogP contribution in [0, 0.1) is 6.92 Å². The van der Waals surface area contributed by atoms with Crippen molar-refractivity contribution in [2.75, 3.05) is 20.1 Å². The summed E-state index contributed by atoms with van der Waals surface area (Å²) in [6, 6.07) is 8.32. The van der Waals surface area contributed by atoms with E-state index in [0.717, 1.165) is 11.1 Å². The highest BCUT2D eigenvalue weighted by atomic mass is 32.2. The number of furan rings is 1. The van der Waals surface area contributed by atoms with E-state index in [0.29, 0.717) is 44.5 Å². The predicted molar refractivity (Wildman–Crippen MR) is 112 cm³/mol. The molecule has 3 rings (SSSR count). The molecule has 0 saturated carbocycles. The van der Waals surface area contributed by atoms with Crippen molar-refractivity contribution in [3.63, 3.8) is 0 Å². The van der Waals surface area contributed by atoms with E-state index < -0.39 is 10.0 Å². The van der Waals surface area contributed by atoms with E-state index in [2.05, 4.69) is 10.0 Å². The molecule has 1 aromatic heterocycles. The molecule has 2 amide bonds. The molecule has 162 valence electrons. The third-order valence-corrected chi connectivity index (χ3v) is 6.81. The molecule has 1 saturated heterocycles. The summed E-state index contributed by atoms with van der Waals surface area (Å²) >= 11 is 0. The van der Waals surface area contributed by atoms with E-state index in [1.54, 1.807) is 30.3 Å². The summed E-state index contributed by atoms with van der Waals surface area (Å²) in [5.74, 6) is 0.182. The number of hydrogen-bond donors (Lipinski definition) is 2. The molecule has 0 aliphatic carbocycles. The monoisotopic (exact) mass is 433 g/mol. The number of hydrogen-bond acceptors (Lipinski definition) is 5. The van der Waals surface area contributed by atoms with E-state index >= 15 is 0 Å². The summed E-state index contributed by atoms with van der Waals surface area (Å²) in [5.41, 5.74) is 1.71. The second kappa shape index (κ2) is 9.44. The maximum Gasteiger partial charge on any atom is 0.287 e. The van der Waals surface area contributed by atoms with Crippen LogP contribution < -0.4 is 10.0 Å². The maximum absolute atomic E-state index is 12.5. The zero-order chi connectivity index (χ0) is 21.7. The van der Waals surface area contributed by atoms with Crippen LogP contribution in [-0.4, -0.2) is 51.3 Å². The first-order valence-corrected chi connectivity index (χ1v) is 11.4. The Bertz CT molecular complexity index is 990. The molecule has 2 aromatic rings. The van der Waals surface area contributed by atoms with Gasteiger partial charge in [-0.25, -0.2) is 13.1 Å². The second-order valence-corrected chi connectivity index (χ2v) is 9.30. The van der Waals surface area contributed by atoms with E-state index in [9.17, 15) is 18.0 Å². The lowest BCUT2D eigenvalue weighted by atomic mass is 10.0. The number of likely N-dealkylation sites (tertiary alicyclic amines) is 1. The predicted octanol–water partition coefficient (Wildman–Crippen LogP) is 1.85. The van der Waals surface area contributed by atoms with E-state index in [1.165, 1.54) is 13.3 Å². The molecule has 2 N–H and O–H groups in total. The standard InChI is InChI=1S/C21H27N3O5S/c1-15-11-14-29-20(15)21(26)23-17-9-12-24(13-10-17)19(25)8-5-16-3-6-18(7-4-16)30(27,28)22-2/h3-4,6-7,11,14,17,22H,5,8-10,12-13H2,1-2H3,(H,23,26). The minimum absolute atomic E-state index is 0.0210. The normalized spacial score (nSPS) is 15.2. The Balaban J connectivity index is 1.44. The summed E-state index contributed by atoms with van der Waals surface area (Å²) in [6.45, 7) is 3.02. The Hall–Kier alpha value is -2.65. The largest absolute Gasteiger partial charge is 0.459 e. The summed E-state index contributed by atoms with van der Waals surface area (Å²) in [7, 11) is -2.09. The molecule has 30 heavy (non-hydrogen) atoms. The van der Waals surface area contributed by atoms with Gasteiger partial charge in [-0.15, -0.1) is 0 Å². The van der Waals surface area contributed by atoms with Gasteiger partial charge in [-0.3, -0.25) is 9.59 Å². The summed E-state index contributed by atoms with van der Waals surface area (Å²) in [6.07, 6.45) is 3.81. The Labute approximate surface area is 176 Å². The van der Waals surface area contributed by atoms with Crippen LogP contribution in [0.15, 0.2) is 45.9 Å². The van der Waals surface area contributed by atoms with Gasteiger partial charge in [0.25, 0.3) is 5.91 Å². The first-order chi connectivity index (χ1) is 14.3. The SMILES string of the molecule is CNS(=O)(=O)c1ccc(CCC(=O)N2CCC(NC(=O)c3occc3C)CC2)cc1.